The van der Waals surface area contributed by atoms with Gasteiger partial charge in [0.1, 0.15) is 0 Å². The standard InChI is InChI=1S/C22H46N8/c1-3-29-15-9-11-19(29)17-27-21(23)25-13-7-5-6-8-14-26-22(24)28-18-20-12-10-16-30(20)4-2/h19-20H,3-18H2,1-2H3,(H3,23,25,27)(H3,24,26,28). The van der Waals surface area contributed by atoms with E-state index in [1.54, 1.807) is 0 Å². The summed E-state index contributed by atoms with van der Waals surface area (Å²) in [5.74, 6) is 1.18. The van der Waals surface area contributed by atoms with Gasteiger partial charge in [-0.1, -0.05) is 26.7 Å². The average molecular weight is 423 g/mol. The molecule has 0 amide bonds. The van der Waals surface area contributed by atoms with E-state index in [0.717, 1.165) is 52.1 Å². The molecule has 2 rings (SSSR count). The molecule has 2 atom stereocenters. The zero-order valence-corrected chi connectivity index (χ0v) is 19.4. The van der Waals surface area contributed by atoms with Crippen LogP contribution in [0.4, 0.5) is 0 Å². The average Bonchev–Trinajstić information content (AvgIpc) is 3.41. The van der Waals surface area contributed by atoms with Crippen LogP contribution < -0.4 is 22.1 Å². The van der Waals surface area contributed by atoms with E-state index in [-0.39, 0.29) is 0 Å². The molecule has 0 spiro atoms. The van der Waals surface area contributed by atoms with Crippen molar-refractivity contribution in [3.8, 4) is 0 Å². The number of guanidine groups is 2. The molecule has 2 fully saturated rings. The minimum absolute atomic E-state index is 0.572. The fraction of sp³-hybridized carbons (Fsp3) is 0.909. The van der Waals surface area contributed by atoms with Crippen molar-refractivity contribution in [2.45, 2.75) is 77.3 Å². The lowest BCUT2D eigenvalue weighted by Crippen LogP contribution is -2.36. The van der Waals surface area contributed by atoms with Crippen molar-refractivity contribution in [3.05, 3.63) is 0 Å². The first kappa shape index (κ1) is 24.7. The summed E-state index contributed by atoms with van der Waals surface area (Å²) in [6.07, 6.45) is 9.63. The molecular weight excluding hydrogens is 376 g/mol. The molecule has 6 N–H and O–H groups in total. The smallest absolute Gasteiger partial charge is 0.188 e. The Balaban J connectivity index is 1.44. The Labute approximate surface area is 183 Å². The Kier molecular flexibility index (Phi) is 11.9. The summed E-state index contributed by atoms with van der Waals surface area (Å²) in [5.41, 5.74) is 12.0. The summed E-state index contributed by atoms with van der Waals surface area (Å²) in [4.78, 5) is 14.1. The van der Waals surface area contributed by atoms with Gasteiger partial charge in [0.15, 0.2) is 11.9 Å². The Morgan fingerprint density at radius 2 is 1.20 bits per heavy atom. The van der Waals surface area contributed by atoms with Gasteiger partial charge in [-0.2, -0.15) is 0 Å². The van der Waals surface area contributed by atoms with Gasteiger partial charge in [0.05, 0.1) is 13.1 Å². The highest BCUT2D eigenvalue weighted by Gasteiger charge is 2.23. The van der Waals surface area contributed by atoms with E-state index in [0.29, 0.717) is 24.0 Å². The van der Waals surface area contributed by atoms with E-state index >= 15 is 0 Å². The SMILES string of the molecule is CCN1CCCC1CN=C(N)NCCCCCCNC(N)=NCC1CCCN1CC. The monoisotopic (exact) mass is 422 g/mol. The molecule has 8 heteroatoms. The van der Waals surface area contributed by atoms with Gasteiger partial charge >= 0.3 is 0 Å². The van der Waals surface area contributed by atoms with Gasteiger partial charge in [-0.25, -0.2) is 0 Å². The van der Waals surface area contributed by atoms with Crippen LogP contribution in [0.2, 0.25) is 0 Å². The second-order valence-electron chi connectivity index (χ2n) is 8.57. The van der Waals surface area contributed by atoms with Crippen LogP contribution in [0.25, 0.3) is 0 Å². The lowest BCUT2D eigenvalue weighted by Gasteiger charge is -2.21. The summed E-state index contributed by atoms with van der Waals surface area (Å²) < 4.78 is 0. The zero-order valence-electron chi connectivity index (χ0n) is 19.4. The molecule has 0 aromatic carbocycles. The summed E-state index contributed by atoms with van der Waals surface area (Å²) in [5, 5.41) is 6.50. The summed E-state index contributed by atoms with van der Waals surface area (Å²) >= 11 is 0. The summed E-state index contributed by atoms with van der Waals surface area (Å²) in [7, 11) is 0. The molecule has 2 saturated heterocycles. The Hall–Kier alpha value is -1.54. The summed E-state index contributed by atoms with van der Waals surface area (Å²) in [6.45, 7) is 12.5. The number of hydrogen-bond donors (Lipinski definition) is 4. The molecule has 30 heavy (non-hydrogen) atoms. The minimum atomic E-state index is 0.572. The molecule has 2 aliphatic rings. The number of rotatable bonds is 13. The largest absolute Gasteiger partial charge is 0.370 e. The second-order valence-corrected chi connectivity index (χ2v) is 8.57. The van der Waals surface area contributed by atoms with Crippen LogP contribution in [0.15, 0.2) is 9.98 Å². The maximum absolute atomic E-state index is 6.01. The first-order valence-electron chi connectivity index (χ1n) is 12.2. The predicted octanol–water partition coefficient (Wildman–Crippen LogP) is 1.32. The van der Waals surface area contributed by atoms with E-state index in [1.165, 1.54) is 51.6 Å². The normalized spacial score (nSPS) is 23.9. The predicted molar refractivity (Wildman–Crippen MR) is 128 cm³/mol. The number of likely N-dealkylation sites (N-methyl/N-ethyl adjacent to an activating group) is 2. The zero-order chi connectivity index (χ0) is 21.6. The van der Waals surface area contributed by atoms with Gasteiger partial charge in [-0.05, 0) is 64.7 Å². The van der Waals surface area contributed by atoms with Crippen LogP contribution in [-0.2, 0) is 0 Å². The van der Waals surface area contributed by atoms with Crippen molar-refractivity contribution in [1.29, 1.82) is 0 Å². The number of hydrogen-bond acceptors (Lipinski definition) is 4. The van der Waals surface area contributed by atoms with Crippen molar-refractivity contribution in [3.63, 3.8) is 0 Å². The third-order valence-electron chi connectivity index (χ3n) is 6.47. The lowest BCUT2D eigenvalue weighted by molar-refractivity contribution is 0.273. The Bertz CT molecular complexity index is 475. The van der Waals surface area contributed by atoms with Crippen LogP contribution in [0.1, 0.15) is 65.2 Å². The highest BCUT2D eigenvalue weighted by molar-refractivity contribution is 5.78. The first-order chi connectivity index (χ1) is 14.6. The van der Waals surface area contributed by atoms with E-state index in [4.69, 9.17) is 11.5 Å². The molecule has 2 aliphatic heterocycles. The van der Waals surface area contributed by atoms with Gasteiger partial charge in [0, 0.05) is 25.2 Å². The molecule has 0 aromatic rings. The fourth-order valence-electron chi connectivity index (χ4n) is 4.59. The van der Waals surface area contributed by atoms with Crippen molar-refractivity contribution >= 4 is 11.9 Å². The van der Waals surface area contributed by atoms with E-state index in [2.05, 4.69) is 44.3 Å². The van der Waals surface area contributed by atoms with Crippen LogP contribution in [0, 0.1) is 0 Å². The number of likely N-dealkylation sites (tertiary alicyclic amines) is 2. The topological polar surface area (TPSA) is 107 Å². The molecule has 0 bridgehead atoms. The lowest BCUT2D eigenvalue weighted by atomic mass is 10.2. The van der Waals surface area contributed by atoms with E-state index in [9.17, 15) is 0 Å². The highest BCUT2D eigenvalue weighted by Crippen LogP contribution is 2.17. The molecular formula is C22H46N8. The summed E-state index contributed by atoms with van der Waals surface area (Å²) in [6, 6.07) is 1.14. The van der Waals surface area contributed by atoms with Gasteiger partial charge in [-0.3, -0.25) is 19.8 Å². The fourth-order valence-corrected chi connectivity index (χ4v) is 4.59. The van der Waals surface area contributed by atoms with E-state index < -0.39 is 0 Å². The van der Waals surface area contributed by atoms with Crippen LogP contribution in [0.3, 0.4) is 0 Å². The van der Waals surface area contributed by atoms with Crippen molar-refractivity contribution in [2.75, 3.05) is 52.4 Å². The molecule has 0 saturated carbocycles. The molecule has 0 radical (unpaired) electrons. The molecule has 2 heterocycles. The van der Waals surface area contributed by atoms with Gasteiger partial charge in [0.25, 0.3) is 0 Å². The second kappa shape index (κ2) is 14.5. The van der Waals surface area contributed by atoms with Gasteiger partial charge in [0.2, 0.25) is 0 Å². The third-order valence-corrected chi connectivity index (χ3v) is 6.47. The minimum Gasteiger partial charge on any atom is -0.370 e. The number of nitrogens with two attached hydrogens (primary N) is 2. The maximum atomic E-state index is 6.01. The number of nitrogens with zero attached hydrogens (tertiary/aromatic N) is 4. The maximum Gasteiger partial charge on any atom is 0.188 e. The van der Waals surface area contributed by atoms with Gasteiger partial charge in [-0.15, -0.1) is 0 Å². The molecule has 0 aliphatic carbocycles. The first-order valence-corrected chi connectivity index (χ1v) is 12.2. The third kappa shape index (κ3) is 9.08. The molecule has 0 aromatic heterocycles. The van der Waals surface area contributed by atoms with E-state index in [1.807, 2.05) is 0 Å². The number of aliphatic imine (C=N–C) groups is 2. The van der Waals surface area contributed by atoms with Crippen LogP contribution >= 0.6 is 0 Å². The molecule has 2 unspecified atom stereocenters. The van der Waals surface area contributed by atoms with Gasteiger partial charge < -0.3 is 22.1 Å². The van der Waals surface area contributed by atoms with Crippen LogP contribution in [0.5, 0.6) is 0 Å². The van der Waals surface area contributed by atoms with Crippen molar-refractivity contribution in [2.24, 2.45) is 21.5 Å². The van der Waals surface area contributed by atoms with Crippen LogP contribution in [-0.4, -0.2) is 86.2 Å². The Morgan fingerprint density at radius 3 is 1.60 bits per heavy atom. The molecule has 8 nitrogen and oxygen atoms in total. The quantitative estimate of drug-likeness (QED) is 0.203. The Morgan fingerprint density at radius 1 is 0.767 bits per heavy atom. The number of nitrogens with one attached hydrogen (secondary N) is 2. The molecule has 174 valence electrons. The highest BCUT2D eigenvalue weighted by atomic mass is 15.2. The van der Waals surface area contributed by atoms with Crippen molar-refractivity contribution in [1.82, 2.24) is 20.4 Å². The number of unbranched alkanes of at least 4 members (excludes halogenated alkanes) is 3. The van der Waals surface area contributed by atoms with Crippen molar-refractivity contribution < 1.29 is 0 Å².